The first-order valence-corrected chi connectivity index (χ1v) is 6.48. The minimum absolute atomic E-state index is 0.342. The molecule has 3 N–H and O–H groups in total. The van der Waals surface area contributed by atoms with Crippen LogP contribution in [0.4, 0.5) is 0 Å². The molecule has 1 aliphatic rings. The van der Waals surface area contributed by atoms with E-state index in [0.717, 1.165) is 19.4 Å². The first kappa shape index (κ1) is 14.3. The summed E-state index contributed by atoms with van der Waals surface area (Å²) in [5.41, 5.74) is 5.43. The molecule has 0 spiro atoms. The summed E-state index contributed by atoms with van der Waals surface area (Å²) in [4.78, 5) is 4.85. The van der Waals surface area contributed by atoms with E-state index >= 15 is 0 Å². The van der Waals surface area contributed by atoms with Gasteiger partial charge in [-0.1, -0.05) is 5.16 Å². The summed E-state index contributed by atoms with van der Waals surface area (Å²) >= 11 is 0. The van der Waals surface area contributed by atoms with Crippen molar-refractivity contribution in [2.45, 2.75) is 38.1 Å². The van der Waals surface area contributed by atoms with Gasteiger partial charge in [0.05, 0.1) is 0 Å². The lowest BCUT2D eigenvalue weighted by atomic mass is 10.0. The molecule has 1 fully saturated rings. The van der Waals surface area contributed by atoms with Crippen LogP contribution < -0.4 is 5.73 Å². The lowest BCUT2D eigenvalue weighted by Crippen LogP contribution is -2.45. The number of likely N-dealkylation sites (N-methyl/N-ethyl adjacent to an activating group) is 1. The number of piperidine rings is 1. The highest BCUT2D eigenvalue weighted by atomic mass is 16.4. The Morgan fingerprint density at radius 1 is 1.47 bits per heavy atom. The summed E-state index contributed by atoms with van der Waals surface area (Å²) in [6, 6.07) is 0.702. The number of likely N-dealkylation sites (tertiary alicyclic amines) is 1. The molecule has 0 aromatic heterocycles. The first-order chi connectivity index (χ1) is 8.13. The van der Waals surface area contributed by atoms with E-state index in [-0.39, 0.29) is 0 Å². The number of hydrogen-bond donors (Lipinski definition) is 2. The van der Waals surface area contributed by atoms with E-state index in [4.69, 9.17) is 10.9 Å². The normalized spacial score (nSPS) is 23.2. The molecule has 0 aliphatic carbocycles. The number of oxime groups is 1. The summed E-state index contributed by atoms with van der Waals surface area (Å²) in [5.74, 6) is 0.342. The third-order valence-corrected chi connectivity index (χ3v) is 3.50. The minimum Gasteiger partial charge on any atom is -0.409 e. The zero-order valence-corrected chi connectivity index (χ0v) is 11.1. The SMILES string of the molecule is CN(C)C1CCCN(CCCCC(N)=NO)C1. The summed E-state index contributed by atoms with van der Waals surface area (Å²) < 4.78 is 0. The molecular formula is C12H26N4O. The van der Waals surface area contributed by atoms with Crippen LogP contribution in [-0.4, -0.2) is 60.6 Å². The van der Waals surface area contributed by atoms with Crippen molar-refractivity contribution in [2.24, 2.45) is 10.9 Å². The molecule has 5 nitrogen and oxygen atoms in total. The van der Waals surface area contributed by atoms with Gasteiger partial charge < -0.3 is 20.7 Å². The number of nitrogens with two attached hydrogens (primary N) is 1. The molecule has 1 heterocycles. The van der Waals surface area contributed by atoms with Crippen LogP contribution in [-0.2, 0) is 0 Å². The third kappa shape index (κ3) is 5.37. The fourth-order valence-electron chi connectivity index (χ4n) is 2.35. The highest BCUT2D eigenvalue weighted by Gasteiger charge is 2.20. The molecule has 1 atom stereocenters. The molecule has 0 aromatic rings. The second-order valence-corrected chi connectivity index (χ2v) is 5.11. The monoisotopic (exact) mass is 242 g/mol. The molecule has 1 saturated heterocycles. The van der Waals surface area contributed by atoms with Gasteiger partial charge in [-0.05, 0) is 52.9 Å². The molecule has 1 aliphatic heterocycles. The number of nitrogens with zero attached hydrogens (tertiary/aromatic N) is 3. The topological polar surface area (TPSA) is 65.1 Å². The summed E-state index contributed by atoms with van der Waals surface area (Å²) in [6.45, 7) is 3.52. The van der Waals surface area contributed by atoms with Crippen molar-refractivity contribution in [1.82, 2.24) is 9.80 Å². The molecule has 0 bridgehead atoms. The molecule has 1 unspecified atom stereocenters. The Bertz CT molecular complexity index is 243. The van der Waals surface area contributed by atoms with E-state index in [1.54, 1.807) is 0 Å². The van der Waals surface area contributed by atoms with Gasteiger partial charge in [0, 0.05) is 19.0 Å². The smallest absolute Gasteiger partial charge is 0.139 e. The Labute approximate surface area is 104 Å². The average molecular weight is 242 g/mol. The second kappa shape index (κ2) is 7.50. The molecule has 0 amide bonds. The standard InChI is InChI=1S/C12H26N4O/c1-15(2)11-6-5-9-16(10-11)8-4-3-7-12(13)14-17/h11,17H,3-10H2,1-2H3,(H2,13,14). The quantitative estimate of drug-likeness (QED) is 0.239. The van der Waals surface area contributed by atoms with Crippen LogP contribution in [0.25, 0.3) is 0 Å². The van der Waals surface area contributed by atoms with E-state index in [2.05, 4.69) is 29.1 Å². The van der Waals surface area contributed by atoms with Crippen molar-refractivity contribution in [3.8, 4) is 0 Å². The van der Waals surface area contributed by atoms with Gasteiger partial charge in [0.2, 0.25) is 0 Å². The summed E-state index contributed by atoms with van der Waals surface area (Å²) in [7, 11) is 4.32. The van der Waals surface area contributed by atoms with Crippen LogP contribution in [0.1, 0.15) is 32.1 Å². The lowest BCUT2D eigenvalue weighted by Gasteiger charge is -2.36. The number of unbranched alkanes of at least 4 members (excludes halogenated alkanes) is 1. The zero-order chi connectivity index (χ0) is 12.7. The van der Waals surface area contributed by atoms with Gasteiger partial charge in [-0.25, -0.2) is 0 Å². The van der Waals surface area contributed by atoms with E-state index in [1.165, 1.54) is 25.9 Å². The van der Waals surface area contributed by atoms with Crippen molar-refractivity contribution in [2.75, 3.05) is 33.7 Å². The van der Waals surface area contributed by atoms with Crippen LogP contribution in [0.15, 0.2) is 5.16 Å². The zero-order valence-electron chi connectivity index (χ0n) is 11.1. The fourth-order valence-corrected chi connectivity index (χ4v) is 2.35. The molecule has 0 radical (unpaired) electrons. The molecule has 1 rings (SSSR count). The Hall–Kier alpha value is -0.810. The van der Waals surface area contributed by atoms with Crippen LogP contribution in [0.2, 0.25) is 0 Å². The van der Waals surface area contributed by atoms with Crippen LogP contribution in [0.5, 0.6) is 0 Å². The van der Waals surface area contributed by atoms with Crippen molar-refractivity contribution in [3.05, 3.63) is 0 Å². The van der Waals surface area contributed by atoms with Gasteiger partial charge in [-0.3, -0.25) is 0 Å². The second-order valence-electron chi connectivity index (χ2n) is 5.11. The lowest BCUT2D eigenvalue weighted by molar-refractivity contribution is 0.132. The molecular weight excluding hydrogens is 216 g/mol. The molecule has 17 heavy (non-hydrogen) atoms. The first-order valence-electron chi connectivity index (χ1n) is 6.48. The third-order valence-electron chi connectivity index (χ3n) is 3.50. The minimum atomic E-state index is 0.342. The highest BCUT2D eigenvalue weighted by Crippen LogP contribution is 2.14. The maximum absolute atomic E-state index is 8.43. The average Bonchev–Trinajstić information content (AvgIpc) is 2.34. The van der Waals surface area contributed by atoms with E-state index < -0.39 is 0 Å². The van der Waals surface area contributed by atoms with Gasteiger partial charge in [-0.2, -0.15) is 0 Å². The maximum Gasteiger partial charge on any atom is 0.139 e. The maximum atomic E-state index is 8.43. The van der Waals surface area contributed by atoms with Gasteiger partial charge in [-0.15, -0.1) is 0 Å². The fraction of sp³-hybridized carbons (Fsp3) is 0.917. The Kier molecular flexibility index (Phi) is 6.29. The largest absolute Gasteiger partial charge is 0.409 e. The predicted molar refractivity (Wildman–Crippen MR) is 70.4 cm³/mol. The van der Waals surface area contributed by atoms with Gasteiger partial charge in [0.1, 0.15) is 5.84 Å². The van der Waals surface area contributed by atoms with Crippen molar-refractivity contribution in [3.63, 3.8) is 0 Å². The predicted octanol–water partition coefficient (Wildman–Crippen LogP) is 0.929. The number of amidine groups is 1. The van der Waals surface area contributed by atoms with Crippen molar-refractivity contribution >= 4 is 5.84 Å². The van der Waals surface area contributed by atoms with Gasteiger partial charge >= 0.3 is 0 Å². The Balaban J connectivity index is 2.14. The van der Waals surface area contributed by atoms with E-state index in [0.29, 0.717) is 18.3 Å². The Morgan fingerprint density at radius 3 is 2.88 bits per heavy atom. The summed E-state index contributed by atoms with van der Waals surface area (Å²) in [5, 5.41) is 11.4. The summed E-state index contributed by atoms with van der Waals surface area (Å²) in [6.07, 6.45) is 5.42. The molecule has 5 heteroatoms. The number of rotatable bonds is 6. The van der Waals surface area contributed by atoms with Gasteiger partial charge in [0.15, 0.2) is 0 Å². The van der Waals surface area contributed by atoms with Gasteiger partial charge in [0.25, 0.3) is 0 Å². The molecule has 0 aromatic carbocycles. The van der Waals surface area contributed by atoms with Crippen LogP contribution in [0, 0.1) is 0 Å². The highest BCUT2D eigenvalue weighted by molar-refractivity contribution is 5.79. The van der Waals surface area contributed by atoms with Crippen LogP contribution in [0.3, 0.4) is 0 Å². The van der Waals surface area contributed by atoms with Crippen LogP contribution >= 0.6 is 0 Å². The molecule has 0 saturated carbocycles. The molecule has 100 valence electrons. The van der Waals surface area contributed by atoms with E-state index in [1.807, 2.05) is 0 Å². The number of hydrogen-bond acceptors (Lipinski definition) is 4. The van der Waals surface area contributed by atoms with E-state index in [9.17, 15) is 0 Å². The van der Waals surface area contributed by atoms with Crippen molar-refractivity contribution in [1.29, 1.82) is 0 Å². The Morgan fingerprint density at radius 2 is 2.24 bits per heavy atom. The van der Waals surface area contributed by atoms with Crippen molar-refractivity contribution < 1.29 is 5.21 Å².